The van der Waals surface area contributed by atoms with Gasteiger partial charge in [-0.05, 0) is 44.9 Å². The number of thiophene rings is 1. The second-order valence-electron chi connectivity index (χ2n) is 6.20. The summed E-state index contributed by atoms with van der Waals surface area (Å²) in [7, 11) is 0. The maximum Gasteiger partial charge on any atom is 0.262 e. The maximum atomic E-state index is 12.7. The summed E-state index contributed by atoms with van der Waals surface area (Å²) in [6.45, 7) is 7.72. The van der Waals surface area contributed by atoms with Crippen molar-refractivity contribution < 1.29 is 4.79 Å². The van der Waals surface area contributed by atoms with Gasteiger partial charge in [0.1, 0.15) is 17.2 Å². The number of fused-ring (bicyclic) bond motifs is 1. The molecule has 0 atom stereocenters. The molecule has 6 heteroatoms. The molecule has 0 saturated heterocycles. The van der Waals surface area contributed by atoms with Crippen molar-refractivity contribution in [3.63, 3.8) is 0 Å². The molecule has 0 fully saturated rings. The average Bonchev–Trinajstić information content (AvgIpc) is 2.97. The van der Waals surface area contributed by atoms with E-state index in [9.17, 15) is 9.59 Å². The summed E-state index contributed by atoms with van der Waals surface area (Å²) >= 11 is 1.53. The Balaban J connectivity index is 1.89. The van der Waals surface area contributed by atoms with Gasteiger partial charge in [-0.2, -0.15) is 0 Å². The summed E-state index contributed by atoms with van der Waals surface area (Å²) in [5, 5.41) is 3.47. The van der Waals surface area contributed by atoms with E-state index < -0.39 is 0 Å². The van der Waals surface area contributed by atoms with Crippen LogP contribution in [-0.2, 0) is 17.8 Å². The molecule has 25 heavy (non-hydrogen) atoms. The van der Waals surface area contributed by atoms with Crippen LogP contribution >= 0.6 is 11.3 Å². The highest BCUT2D eigenvalue weighted by atomic mass is 32.1. The first-order valence-electron chi connectivity index (χ1n) is 8.26. The summed E-state index contributed by atoms with van der Waals surface area (Å²) in [6, 6.07) is 7.73. The van der Waals surface area contributed by atoms with Crippen molar-refractivity contribution in [3.8, 4) is 0 Å². The van der Waals surface area contributed by atoms with Crippen LogP contribution in [0.15, 0.2) is 29.1 Å². The van der Waals surface area contributed by atoms with Crippen LogP contribution in [0, 0.1) is 20.8 Å². The molecule has 3 rings (SSSR count). The van der Waals surface area contributed by atoms with Crippen LogP contribution in [0.25, 0.3) is 10.2 Å². The fourth-order valence-electron chi connectivity index (χ4n) is 2.81. The van der Waals surface area contributed by atoms with Crippen molar-refractivity contribution in [2.45, 2.75) is 40.7 Å². The minimum Gasteiger partial charge on any atom is -0.324 e. The molecule has 5 nitrogen and oxygen atoms in total. The molecule has 0 unspecified atom stereocenters. The molecule has 0 aliphatic carbocycles. The number of benzene rings is 1. The van der Waals surface area contributed by atoms with E-state index in [1.807, 2.05) is 45.0 Å². The monoisotopic (exact) mass is 355 g/mol. The van der Waals surface area contributed by atoms with Crippen molar-refractivity contribution in [1.82, 2.24) is 9.55 Å². The van der Waals surface area contributed by atoms with E-state index in [2.05, 4.69) is 10.3 Å². The van der Waals surface area contributed by atoms with E-state index in [-0.39, 0.29) is 18.0 Å². The van der Waals surface area contributed by atoms with E-state index in [0.717, 1.165) is 32.9 Å². The number of hydrogen-bond acceptors (Lipinski definition) is 4. The SMILES string of the molecule is CCc1cc2c(=O)n(CC(=O)Nc3ccc(C)cc3C)c(C)nc2s1. The fraction of sp³-hybridized carbons (Fsp3) is 0.316. The Hall–Kier alpha value is -2.47. The number of amides is 1. The highest BCUT2D eigenvalue weighted by molar-refractivity contribution is 7.18. The molecule has 1 amide bonds. The molecule has 0 radical (unpaired) electrons. The van der Waals surface area contributed by atoms with Gasteiger partial charge in [0, 0.05) is 10.6 Å². The van der Waals surface area contributed by atoms with Gasteiger partial charge in [-0.25, -0.2) is 4.98 Å². The first-order valence-corrected chi connectivity index (χ1v) is 9.07. The first-order chi connectivity index (χ1) is 11.9. The molecule has 1 aromatic carbocycles. The number of aromatic nitrogens is 2. The normalized spacial score (nSPS) is 11.0. The molecule has 0 aliphatic rings. The van der Waals surface area contributed by atoms with Crippen molar-refractivity contribution in [2.75, 3.05) is 5.32 Å². The van der Waals surface area contributed by atoms with Crippen LogP contribution in [0.2, 0.25) is 0 Å². The van der Waals surface area contributed by atoms with Gasteiger partial charge in [-0.3, -0.25) is 14.2 Å². The lowest BCUT2D eigenvalue weighted by Gasteiger charge is -2.12. The van der Waals surface area contributed by atoms with Gasteiger partial charge in [0.05, 0.1) is 5.39 Å². The number of hydrogen-bond donors (Lipinski definition) is 1. The standard InChI is InChI=1S/C19H21N3O2S/c1-5-14-9-15-18(25-14)20-13(4)22(19(15)24)10-17(23)21-16-7-6-11(2)8-12(16)3/h6-9H,5,10H2,1-4H3,(H,21,23). The molecular formula is C19H21N3O2S. The molecule has 2 aromatic heterocycles. The average molecular weight is 355 g/mol. The predicted octanol–water partition coefficient (Wildman–Crippen LogP) is 3.58. The van der Waals surface area contributed by atoms with Gasteiger partial charge < -0.3 is 5.32 Å². The van der Waals surface area contributed by atoms with Gasteiger partial charge in [0.25, 0.3) is 5.56 Å². The zero-order valence-electron chi connectivity index (χ0n) is 14.8. The Bertz CT molecular complexity index is 1020. The molecule has 0 spiro atoms. The molecule has 0 bridgehead atoms. The molecule has 130 valence electrons. The molecule has 3 aromatic rings. The van der Waals surface area contributed by atoms with E-state index >= 15 is 0 Å². The van der Waals surface area contributed by atoms with Crippen molar-refractivity contribution in [1.29, 1.82) is 0 Å². The summed E-state index contributed by atoms with van der Waals surface area (Å²) in [5.41, 5.74) is 2.74. The third kappa shape index (κ3) is 3.49. The first kappa shape index (κ1) is 17.4. The van der Waals surface area contributed by atoms with Crippen LogP contribution < -0.4 is 10.9 Å². The molecule has 2 heterocycles. The van der Waals surface area contributed by atoms with E-state index in [1.54, 1.807) is 6.92 Å². The number of nitrogens with zero attached hydrogens (tertiary/aromatic N) is 2. The molecule has 0 saturated carbocycles. The summed E-state index contributed by atoms with van der Waals surface area (Å²) in [5.74, 6) is 0.321. The number of nitrogens with one attached hydrogen (secondary N) is 1. The Morgan fingerprint density at radius 1 is 1.24 bits per heavy atom. The number of carbonyl (C=O) groups is 1. The number of rotatable bonds is 4. The quantitative estimate of drug-likeness (QED) is 0.778. The van der Waals surface area contributed by atoms with E-state index in [0.29, 0.717) is 11.2 Å². The third-order valence-corrected chi connectivity index (χ3v) is 5.37. The van der Waals surface area contributed by atoms with Gasteiger partial charge in [0.2, 0.25) is 5.91 Å². The summed E-state index contributed by atoms with van der Waals surface area (Å²) in [6.07, 6.45) is 0.868. The molecule has 1 N–H and O–H groups in total. The smallest absolute Gasteiger partial charge is 0.262 e. The van der Waals surface area contributed by atoms with E-state index in [1.165, 1.54) is 15.9 Å². The Morgan fingerprint density at radius 2 is 2.00 bits per heavy atom. The van der Waals surface area contributed by atoms with Gasteiger partial charge >= 0.3 is 0 Å². The van der Waals surface area contributed by atoms with Crippen LogP contribution in [0.4, 0.5) is 5.69 Å². The lowest BCUT2D eigenvalue weighted by molar-refractivity contribution is -0.116. The van der Waals surface area contributed by atoms with Gasteiger partial charge in [-0.15, -0.1) is 11.3 Å². The van der Waals surface area contributed by atoms with Crippen LogP contribution in [0.1, 0.15) is 28.8 Å². The largest absolute Gasteiger partial charge is 0.324 e. The number of anilines is 1. The fourth-order valence-corrected chi connectivity index (χ4v) is 3.82. The maximum absolute atomic E-state index is 12.7. The van der Waals surface area contributed by atoms with Crippen molar-refractivity contribution in [3.05, 3.63) is 56.4 Å². The Labute approximate surface area is 150 Å². The minimum absolute atomic E-state index is 0.0434. The molecule has 0 aliphatic heterocycles. The lowest BCUT2D eigenvalue weighted by atomic mass is 10.1. The highest BCUT2D eigenvalue weighted by Gasteiger charge is 2.14. The van der Waals surface area contributed by atoms with Gasteiger partial charge in [-0.1, -0.05) is 24.6 Å². The third-order valence-electron chi connectivity index (χ3n) is 4.20. The predicted molar refractivity (Wildman–Crippen MR) is 103 cm³/mol. The van der Waals surface area contributed by atoms with Crippen LogP contribution in [0.5, 0.6) is 0 Å². The second-order valence-corrected chi connectivity index (χ2v) is 7.32. The number of carbonyl (C=O) groups excluding carboxylic acids is 1. The van der Waals surface area contributed by atoms with Crippen LogP contribution in [-0.4, -0.2) is 15.5 Å². The second kappa shape index (κ2) is 6.80. The zero-order chi connectivity index (χ0) is 18.1. The summed E-state index contributed by atoms with van der Waals surface area (Å²) in [4.78, 5) is 31.5. The van der Waals surface area contributed by atoms with Crippen molar-refractivity contribution in [2.24, 2.45) is 0 Å². The lowest BCUT2D eigenvalue weighted by Crippen LogP contribution is -2.30. The number of aryl methyl sites for hydroxylation is 4. The minimum atomic E-state index is -0.232. The van der Waals surface area contributed by atoms with E-state index in [4.69, 9.17) is 0 Å². The Morgan fingerprint density at radius 3 is 2.68 bits per heavy atom. The zero-order valence-corrected chi connectivity index (χ0v) is 15.7. The van der Waals surface area contributed by atoms with Crippen LogP contribution in [0.3, 0.4) is 0 Å². The Kier molecular flexibility index (Phi) is 4.72. The summed E-state index contributed by atoms with van der Waals surface area (Å²) < 4.78 is 1.44. The molecular weight excluding hydrogens is 334 g/mol. The highest BCUT2D eigenvalue weighted by Crippen LogP contribution is 2.22. The van der Waals surface area contributed by atoms with Gasteiger partial charge in [0.15, 0.2) is 0 Å². The topological polar surface area (TPSA) is 64.0 Å². The van der Waals surface area contributed by atoms with Crippen molar-refractivity contribution >= 4 is 33.1 Å².